The molecule has 2 N–H and O–H groups in total. The topological polar surface area (TPSA) is 55.6 Å². The lowest BCUT2D eigenvalue weighted by molar-refractivity contribution is -0.185. The number of fused-ring (bicyclic) bond motifs is 2. The Labute approximate surface area is 129 Å². The van der Waals surface area contributed by atoms with E-state index in [1.54, 1.807) is 11.3 Å². The predicted octanol–water partition coefficient (Wildman–Crippen LogP) is 1.78. The molecular weight excluding hydrogens is 284 g/mol. The maximum Gasteiger partial charge on any atom is 0.244 e. The monoisotopic (exact) mass is 306 g/mol. The van der Waals surface area contributed by atoms with Crippen molar-refractivity contribution in [2.24, 2.45) is 17.1 Å². The fourth-order valence-electron chi connectivity index (χ4n) is 4.50. The van der Waals surface area contributed by atoms with E-state index >= 15 is 0 Å². The summed E-state index contributed by atoms with van der Waals surface area (Å²) in [4.78, 5) is 16.5. The Kier molecular flexibility index (Phi) is 2.82. The largest absolute Gasteiger partial charge is 0.377 e. The second-order valence-electron chi connectivity index (χ2n) is 7.12. The van der Waals surface area contributed by atoms with Crippen LogP contribution in [0.2, 0.25) is 0 Å². The molecule has 0 spiro atoms. The number of carbonyl (C=O) groups excluding carboxylic acids is 1. The van der Waals surface area contributed by atoms with Gasteiger partial charge in [-0.3, -0.25) is 4.79 Å². The number of hydrogen-bond donors (Lipinski definition) is 1. The minimum Gasteiger partial charge on any atom is -0.377 e. The summed E-state index contributed by atoms with van der Waals surface area (Å²) in [7, 11) is 0. The van der Waals surface area contributed by atoms with Gasteiger partial charge in [0.15, 0.2) is 0 Å². The number of nitrogens with two attached hydrogens (primary N) is 1. The lowest BCUT2D eigenvalue weighted by atomic mass is 9.47. The quantitative estimate of drug-likeness (QED) is 0.860. The molecule has 1 aliphatic carbocycles. The third-order valence-corrected chi connectivity index (χ3v) is 6.93. The maximum absolute atomic E-state index is 13.1. The Balaban J connectivity index is 1.61. The summed E-state index contributed by atoms with van der Waals surface area (Å²) in [6.07, 6.45) is 2.02. The molecule has 5 heteroatoms. The molecule has 1 aromatic heterocycles. The maximum atomic E-state index is 13.1. The van der Waals surface area contributed by atoms with Gasteiger partial charge in [0, 0.05) is 35.9 Å². The first-order valence-electron chi connectivity index (χ1n) is 7.71. The van der Waals surface area contributed by atoms with E-state index < -0.39 is 5.54 Å². The van der Waals surface area contributed by atoms with Crippen LogP contribution in [0.25, 0.3) is 0 Å². The van der Waals surface area contributed by atoms with Crippen molar-refractivity contribution in [3.63, 3.8) is 0 Å². The first kappa shape index (κ1) is 13.7. The smallest absolute Gasteiger partial charge is 0.244 e. The molecule has 1 saturated heterocycles. The zero-order chi connectivity index (χ0) is 14.8. The van der Waals surface area contributed by atoms with Crippen molar-refractivity contribution < 1.29 is 9.53 Å². The van der Waals surface area contributed by atoms with Gasteiger partial charge in [0.2, 0.25) is 5.91 Å². The van der Waals surface area contributed by atoms with Crippen LogP contribution >= 0.6 is 11.3 Å². The third kappa shape index (κ3) is 1.60. The van der Waals surface area contributed by atoms with Crippen molar-refractivity contribution >= 4 is 17.2 Å². The van der Waals surface area contributed by atoms with Crippen LogP contribution in [0.1, 0.15) is 30.7 Å². The van der Waals surface area contributed by atoms with Gasteiger partial charge in [0.1, 0.15) is 5.54 Å². The summed E-state index contributed by atoms with van der Waals surface area (Å²) in [6.45, 7) is 6.40. The van der Waals surface area contributed by atoms with Gasteiger partial charge in [0.25, 0.3) is 0 Å². The normalized spacial score (nSPS) is 36.8. The van der Waals surface area contributed by atoms with E-state index in [1.807, 2.05) is 4.90 Å². The summed E-state index contributed by atoms with van der Waals surface area (Å²) in [5.74, 6) is 0.306. The summed E-state index contributed by atoms with van der Waals surface area (Å²) >= 11 is 1.79. The van der Waals surface area contributed by atoms with Crippen molar-refractivity contribution in [2.45, 2.75) is 44.9 Å². The van der Waals surface area contributed by atoms with E-state index in [-0.39, 0.29) is 23.3 Å². The average Bonchev–Trinajstić information content (AvgIpc) is 3.12. The van der Waals surface area contributed by atoms with Crippen LogP contribution < -0.4 is 5.73 Å². The standard InChI is InChI=1S/C16H22N2O2S/c1-15(2)13-11(4-7-20-13)16(15,17)14(19)18-6-3-12-10(9-18)5-8-21-12/h5,8,11,13H,3-4,6-7,9,17H2,1-2H3. The highest BCUT2D eigenvalue weighted by atomic mass is 32.1. The fourth-order valence-corrected chi connectivity index (χ4v) is 5.39. The van der Waals surface area contributed by atoms with Crippen molar-refractivity contribution in [3.8, 4) is 0 Å². The number of rotatable bonds is 1. The molecule has 4 rings (SSSR count). The molecule has 21 heavy (non-hydrogen) atoms. The van der Waals surface area contributed by atoms with E-state index in [0.717, 1.165) is 26.0 Å². The Bertz CT molecular complexity index is 597. The van der Waals surface area contributed by atoms with Crippen molar-refractivity contribution in [1.82, 2.24) is 4.90 Å². The second-order valence-corrected chi connectivity index (χ2v) is 8.12. The highest BCUT2D eigenvalue weighted by molar-refractivity contribution is 7.10. The Morgan fingerprint density at radius 2 is 2.33 bits per heavy atom. The second kappa shape index (κ2) is 4.31. The van der Waals surface area contributed by atoms with Gasteiger partial charge in [-0.1, -0.05) is 13.8 Å². The molecule has 114 valence electrons. The van der Waals surface area contributed by atoms with E-state index in [2.05, 4.69) is 25.3 Å². The van der Waals surface area contributed by atoms with Gasteiger partial charge < -0.3 is 15.4 Å². The summed E-state index contributed by atoms with van der Waals surface area (Å²) in [6, 6.07) is 2.13. The number of thiophene rings is 1. The molecule has 3 aliphatic rings. The van der Waals surface area contributed by atoms with Gasteiger partial charge in [-0.25, -0.2) is 0 Å². The lowest BCUT2D eigenvalue weighted by Crippen LogP contribution is -2.80. The minimum absolute atomic E-state index is 0.121. The highest BCUT2D eigenvalue weighted by Crippen LogP contribution is 2.58. The number of ether oxygens (including phenoxy) is 1. The molecule has 3 atom stereocenters. The van der Waals surface area contributed by atoms with Gasteiger partial charge in [0.05, 0.1) is 6.10 Å². The number of carbonyl (C=O) groups is 1. The third-order valence-electron chi connectivity index (χ3n) is 5.90. The van der Waals surface area contributed by atoms with Gasteiger partial charge >= 0.3 is 0 Å². The first-order valence-corrected chi connectivity index (χ1v) is 8.59. The predicted molar refractivity (Wildman–Crippen MR) is 82.0 cm³/mol. The van der Waals surface area contributed by atoms with Crippen LogP contribution in [0.15, 0.2) is 11.4 Å². The molecule has 0 aromatic carbocycles. The first-order chi connectivity index (χ1) is 9.96. The SMILES string of the molecule is CC1(C)C2OCCC2C1(N)C(=O)N1CCc2sccc2C1. The van der Waals surface area contributed by atoms with Crippen LogP contribution in [0.5, 0.6) is 0 Å². The van der Waals surface area contributed by atoms with Crippen molar-refractivity contribution in [1.29, 1.82) is 0 Å². The number of hydrogen-bond acceptors (Lipinski definition) is 4. The zero-order valence-corrected chi connectivity index (χ0v) is 13.4. The molecule has 4 nitrogen and oxygen atoms in total. The average molecular weight is 306 g/mol. The Hall–Kier alpha value is -0.910. The number of amides is 1. The molecule has 1 aromatic rings. The summed E-state index contributed by atoms with van der Waals surface area (Å²) in [5, 5.41) is 2.12. The van der Waals surface area contributed by atoms with E-state index in [9.17, 15) is 4.79 Å². The molecule has 1 amide bonds. The van der Waals surface area contributed by atoms with Crippen LogP contribution in [-0.2, 0) is 22.5 Å². The summed E-state index contributed by atoms with van der Waals surface area (Å²) < 4.78 is 5.79. The van der Waals surface area contributed by atoms with Gasteiger partial charge in [-0.2, -0.15) is 0 Å². The van der Waals surface area contributed by atoms with Crippen LogP contribution in [-0.4, -0.2) is 35.6 Å². The summed E-state index contributed by atoms with van der Waals surface area (Å²) in [5.41, 5.74) is 6.92. The van der Waals surface area contributed by atoms with Crippen molar-refractivity contribution in [3.05, 3.63) is 21.9 Å². The molecule has 1 saturated carbocycles. The fraction of sp³-hybridized carbons (Fsp3) is 0.688. The molecule has 2 aliphatic heterocycles. The lowest BCUT2D eigenvalue weighted by Gasteiger charge is -2.61. The van der Waals surface area contributed by atoms with E-state index in [0.29, 0.717) is 6.54 Å². The molecule has 0 bridgehead atoms. The van der Waals surface area contributed by atoms with Gasteiger partial charge in [-0.05, 0) is 29.9 Å². The van der Waals surface area contributed by atoms with E-state index in [4.69, 9.17) is 10.5 Å². The van der Waals surface area contributed by atoms with Crippen LogP contribution in [0.3, 0.4) is 0 Å². The Morgan fingerprint density at radius 1 is 1.52 bits per heavy atom. The van der Waals surface area contributed by atoms with E-state index in [1.165, 1.54) is 10.4 Å². The van der Waals surface area contributed by atoms with Crippen molar-refractivity contribution in [2.75, 3.05) is 13.2 Å². The highest BCUT2D eigenvalue weighted by Gasteiger charge is 2.71. The Morgan fingerprint density at radius 3 is 3.14 bits per heavy atom. The molecule has 2 fully saturated rings. The minimum atomic E-state index is -0.762. The number of nitrogens with zero attached hydrogens (tertiary/aromatic N) is 1. The zero-order valence-electron chi connectivity index (χ0n) is 12.6. The van der Waals surface area contributed by atoms with Crippen LogP contribution in [0.4, 0.5) is 0 Å². The molecular formula is C16H22N2O2S. The molecule has 0 radical (unpaired) electrons. The molecule has 3 heterocycles. The van der Waals surface area contributed by atoms with Crippen LogP contribution in [0, 0.1) is 11.3 Å². The molecule has 3 unspecified atom stereocenters. The van der Waals surface area contributed by atoms with Gasteiger partial charge in [-0.15, -0.1) is 11.3 Å².